The van der Waals surface area contributed by atoms with Gasteiger partial charge in [0.05, 0.1) is 11.9 Å². The highest BCUT2D eigenvalue weighted by atomic mass is 35.5. The number of hydrogen-bond donors (Lipinski definition) is 1. The largest absolute Gasteiger partial charge is 0.322 e. The molecule has 0 bridgehead atoms. The van der Waals surface area contributed by atoms with Gasteiger partial charge in [-0.1, -0.05) is 23.7 Å². The second-order valence-electron chi connectivity index (χ2n) is 5.60. The fourth-order valence-corrected chi connectivity index (χ4v) is 2.93. The monoisotopic (exact) mass is 366 g/mol. The Kier molecular flexibility index (Phi) is 5.20. The van der Waals surface area contributed by atoms with Crippen molar-refractivity contribution in [2.24, 2.45) is 0 Å². The number of aryl methyl sites for hydroxylation is 1. The Bertz CT molecular complexity index is 895. The summed E-state index contributed by atoms with van der Waals surface area (Å²) in [7, 11) is -1.95. The number of amides is 1. The van der Waals surface area contributed by atoms with E-state index in [1.807, 2.05) is 6.92 Å². The molecule has 0 radical (unpaired) electrons. The minimum atomic E-state index is -3.41. The van der Waals surface area contributed by atoms with Crippen molar-refractivity contribution in [1.29, 1.82) is 0 Å². The fraction of sp³-hybridized carbons (Fsp3) is 0.235. The molecule has 5 nitrogen and oxygen atoms in total. The van der Waals surface area contributed by atoms with Crippen LogP contribution < -0.4 is 9.62 Å². The van der Waals surface area contributed by atoms with E-state index in [1.165, 1.54) is 7.05 Å². The van der Waals surface area contributed by atoms with Gasteiger partial charge in [0.15, 0.2) is 0 Å². The molecule has 0 unspecified atom stereocenters. The molecule has 0 saturated heterocycles. The molecule has 0 aromatic heterocycles. The third-order valence-electron chi connectivity index (χ3n) is 3.82. The van der Waals surface area contributed by atoms with E-state index in [0.717, 1.165) is 21.7 Å². The number of benzene rings is 2. The molecule has 0 spiro atoms. The normalized spacial score (nSPS) is 11.2. The highest BCUT2D eigenvalue weighted by Gasteiger charge is 2.17. The molecule has 128 valence electrons. The van der Waals surface area contributed by atoms with Crippen LogP contribution in [-0.4, -0.2) is 27.6 Å². The molecule has 2 rings (SSSR count). The van der Waals surface area contributed by atoms with Crippen molar-refractivity contribution in [2.45, 2.75) is 13.8 Å². The summed E-state index contributed by atoms with van der Waals surface area (Å²) in [6.07, 6.45) is 1.12. The van der Waals surface area contributed by atoms with Gasteiger partial charge < -0.3 is 5.32 Å². The highest BCUT2D eigenvalue weighted by Crippen LogP contribution is 2.25. The van der Waals surface area contributed by atoms with Gasteiger partial charge >= 0.3 is 0 Å². The highest BCUT2D eigenvalue weighted by molar-refractivity contribution is 7.92. The zero-order valence-electron chi connectivity index (χ0n) is 13.9. The predicted octanol–water partition coefficient (Wildman–Crippen LogP) is 3.60. The molecular formula is C17H19ClN2O3S. The van der Waals surface area contributed by atoms with Gasteiger partial charge in [-0.2, -0.15) is 0 Å². The van der Waals surface area contributed by atoms with Gasteiger partial charge in [-0.25, -0.2) is 8.42 Å². The number of carbonyl (C=O) groups is 1. The van der Waals surface area contributed by atoms with E-state index < -0.39 is 10.0 Å². The van der Waals surface area contributed by atoms with Crippen LogP contribution in [-0.2, 0) is 10.0 Å². The summed E-state index contributed by atoms with van der Waals surface area (Å²) in [5, 5.41) is 3.36. The molecule has 7 heteroatoms. The van der Waals surface area contributed by atoms with Crippen molar-refractivity contribution in [3.8, 4) is 0 Å². The first kappa shape index (κ1) is 18.3. The molecule has 0 aliphatic rings. The zero-order valence-corrected chi connectivity index (χ0v) is 15.5. The minimum absolute atomic E-state index is 0.330. The van der Waals surface area contributed by atoms with E-state index >= 15 is 0 Å². The van der Waals surface area contributed by atoms with Crippen LogP contribution in [0.15, 0.2) is 36.4 Å². The Morgan fingerprint density at radius 3 is 2.46 bits per heavy atom. The number of hydrogen-bond acceptors (Lipinski definition) is 3. The van der Waals surface area contributed by atoms with E-state index in [1.54, 1.807) is 43.3 Å². The van der Waals surface area contributed by atoms with Crippen LogP contribution in [0.2, 0.25) is 5.02 Å². The van der Waals surface area contributed by atoms with E-state index in [0.29, 0.717) is 22.0 Å². The van der Waals surface area contributed by atoms with Gasteiger partial charge in [0.25, 0.3) is 5.91 Å². The zero-order chi connectivity index (χ0) is 18.1. The fourth-order valence-electron chi connectivity index (χ4n) is 2.21. The Hall–Kier alpha value is -2.05. The lowest BCUT2D eigenvalue weighted by molar-refractivity contribution is 0.102. The second-order valence-corrected chi connectivity index (χ2v) is 8.02. The van der Waals surface area contributed by atoms with E-state index in [2.05, 4.69) is 5.32 Å². The average Bonchev–Trinajstić information content (AvgIpc) is 2.50. The minimum Gasteiger partial charge on any atom is -0.322 e. The number of sulfonamides is 1. The lowest BCUT2D eigenvalue weighted by Crippen LogP contribution is -2.26. The number of nitrogens with one attached hydrogen (secondary N) is 1. The summed E-state index contributed by atoms with van der Waals surface area (Å²) in [5.41, 5.74) is 2.98. The van der Waals surface area contributed by atoms with Gasteiger partial charge in [0, 0.05) is 23.3 Å². The second kappa shape index (κ2) is 6.83. The van der Waals surface area contributed by atoms with Gasteiger partial charge in [-0.05, 0) is 49.2 Å². The number of halogens is 1. The SMILES string of the molecule is Cc1ccc(C(=O)Nc2cccc(Cl)c2C)cc1N(C)S(C)(=O)=O. The van der Waals surface area contributed by atoms with Crippen LogP contribution in [0.25, 0.3) is 0 Å². The Morgan fingerprint density at radius 2 is 1.83 bits per heavy atom. The summed E-state index contributed by atoms with van der Waals surface area (Å²) in [6, 6.07) is 10.2. The molecule has 2 aromatic carbocycles. The van der Waals surface area contributed by atoms with Crippen LogP contribution in [0.4, 0.5) is 11.4 Å². The van der Waals surface area contributed by atoms with Crippen molar-refractivity contribution in [3.05, 3.63) is 58.1 Å². The van der Waals surface area contributed by atoms with Crippen molar-refractivity contribution in [1.82, 2.24) is 0 Å². The van der Waals surface area contributed by atoms with Crippen molar-refractivity contribution >= 4 is 38.9 Å². The van der Waals surface area contributed by atoms with Crippen LogP contribution in [0, 0.1) is 13.8 Å². The van der Waals surface area contributed by atoms with Gasteiger partial charge in [-0.3, -0.25) is 9.10 Å². The van der Waals surface area contributed by atoms with E-state index in [9.17, 15) is 13.2 Å². The molecule has 0 aliphatic carbocycles. The molecule has 2 aromatic rings. The Labute approximate surface area is 147 Å². The molecule has 0 heterocycles. The Morgan fingerprint density at radius 1 is 1.17 bits per heavy atom. The topological polar surface area (TPSA) is 66.5 Å². The first-order valence-corrected chi connectivity index (χ1v) is 9.45. The number of rotatable bonds is 4. The summed E-state index contributed by atoms with van der Waals surface area (Å²) in [6.45, 7) is 3.61. The lowest BCUT2D eigenvalue weighted by atomic mass is 10.1. The molecular weight excluding hydrogens is 348 g/mol. The third kappa shape index (κ3) is 3.88. The molecule has 1 amide bonds. The first-order chi connectivity index (χ1) is 11.1. The summed E-state index contributed by atoms with van der Waals surface area (Å²) < 4.78 is 24.7. The number of carbonyl (C=O) groups excluding carboxylic acids is 1. The maximum atomic E-state index is 12.5. The standard InChI is InChI=1S/C17H19ClN2O3S/c1-11-8-9-13(10-16(11)20(3)24(4,22)23)17(21)19-15-7-5-6-14(18)12(15)2/h5-10H,1-4H3,(H,19,21). The molecule has 0 fully saturated rings. The van der Waals surface area contributed by atoms with Crippen molar-refractivity contribution < 1.29 is 13.2 Å². The van der Waals surface area contributed by atoms with Gasteiger partial charge in [0.1, 0.15) is 0 Å². The summed E-state index contributed by atoms with van der Waals surface area (Å²) >= 11 is 6.06. The molecule has 0 saturated carbocycles. The molecule has 0 atom stereocenters. The van der Waals surface area contributed by atoms with Crippen LogP contribution in [0.1, 0.15) is 21.5 Å². The average molecular weight is 367 g/mol. The lowest BCUT2D eigenvalue weighted by Gasteiger charge is -2.20. The molecule has 24 heavy (non-hydrogen) atoms. The van der Waals surface area contributed by atoms with E-state index in [-0.39, 0.29) is 5.91 Å². The third-order valence-corrected chi connectivity index (χ3v) is 5.43. The number of nitrogens with zero attached hydrogens (tertiary/aromatic N) is 1. The van der Waals surface area contributed by atoms with E-state index in [4.69, 9.17) is 11.6 Å². The van der Waals surface area contributed by atoms with Gasteiger partial charge in [-0.15, -0.1) is 0 Å². The maximum Gasteiger partial charge on any atom is 0.255 e. The van der Waals surface area contributed by atoms with Crippen molar-refractivity contribution in [3.63, 3.8) is 0 Å². The van der Waals surface area contributed by atoms with Crippen LogP contribution >= 0.6 is 11.6 Å². The maximum absolute atomic E-state index is 12.5. The Balaban J connectivity index is 2.36. The van der Waals surface area contributed by atoms with Gasteiger partial charge in [0.2, 0.25) is 10.0 Å². The first-order valence-electron chi connectivity index (χ1n) is 7.22. The quantitative estimate of drug-likeness (QED) is 0.898. The predicted molar refractivity (Wildman–Crippen MR) is 98.6 cm³/mol. The number of anilines is 2. The molecule has 1 N–H and O–H groups in total. The van der Waals surface area contributed by atoms with Crippen molar-refractivity contribution in [2.75, 3.05) is 22.9 Å². The summed E-state index contributed by atoms with van der Waals surface area (Å²) in [5.74, 6) is -0.330. The molecule has 0 aliphatic heterocycles. The van der Waals surface area contributed by atoms with Crippen LogP contribution in [0.5, 0.6) is 0 Å². The smallest absolute Gasteiger partial charge is 0.255 e. The van der Waals surface area contributed by atoms with Crippen LogP contribution in [0.3, 0.4) is 0 Å². The summed E-state index contributed by atoms with van der Waals surface area (Å²) in [4.78, 5) is 12.5.